The Morgan fingerprint density at radius 3 is 2.26 bits per heavy atom. The summed E-state index contributed by atoms with van der Waals surface area (Å²) in [6.07, 6.45) is -12.7. The molecule has 38 heavy (non-hydrogen) atoms. The quantitative estimate of drug-likeness (QED) is 0.106. The number of esters is 1. The summed E-state index contributed by atoms with van der Waals surface area (Å²) in [5.74, 6) is -2.68. The molecule has 216 valence electrons. The van der Waals surface area contributed by atoms with Crippen LogP contribution in [-0.4, -0.2) is 48.5 Å². The number of halogens is 8. The van der Waals surface area contributed by atoms with E-state index in [4.69, 9.17) is 0 Å². The van der Waals surface area contributed by atoms with Gasteiger partial charge >= 0.3 is 28.5 Å². The molecule has 1 heterocycles. The first-order chi connectivity index (χ1) is 17.0. The minimum Gasteiger partial charge on any atom is -0.475 e. The maximum atomic E-state index is 13.6. The Morgan fingerprint density at radius 1 is 1.13 bits per heavy atom. The van der Waals surface area contributed by atoms with Gasteiger partial charge in [-0.1, -0.05) is 19.4 Å². The van der Waals surface area contributed by atoms with Gasteiger partial charge in [-0.05, 0) is 37.6 Å². The molecule has 0 fully saturated rings. The van der Waals surface area contributed by atoms with E-state index in [1.807, 2.05) is 0 Å². The molecule has 0 amide bonds. The van der Waals surface area contributed by atoms with Crippen LogP contribution in [0, 0.1) is 17.0 Å². The Labute approximate surface area is 208 Å². The first-order valence-corrected chi connectivity index (χ1v) is 12.1. The molecule has 1 aromatic carbocycles. The molecule has 19 heteroatoms. The topological polar surface area (TPSA) is 123 Å². The molecule has 0 aliphatic carbocycles. The van der Waals surface area contributed by atoms with E-state index in [0.717, 1.165) is 13.8 Å². The molecule has 0 bridgehead atoms. The number of nitrogens with zero attached hydrogens (tertiary/aromatic N) is 1. The molecule has 0 N–H and O–H groups in total. The summed E-state index contributed by atoms with van der Waals surface area (Å²) in [5, 5.41) is 9.10. The number of alkyl halides is 3. The largest absolute Gasteiger partial charge is 0.511 e. The van der Waals surface area contributed by atoms with Crippen LogP contribution in [0.5, 0.6) is 5.75 Å². The summed E-state index contributed by atoms with van der Waals surface area (Å²) < 4.78 is 125. The van der Waals surface area contributed by atoms with Crippen LogP contribution < -0.4 is 4.74 Å². The Morgan fingerprint density at radius 2 is 1.74 bits per heavy atom. The van der Waals surface area contributed by atoms with E-state index in [1.165, 1.54) is 6.92 Å². The lowest BCUT2D eigenvalue weighted by Crippen LogP contribution is -2.41. The molecule has 1 aliphatic rings. The van der Waals surface area contributed by atoms with Crippen molar-refractivity contribution in [3.05, 3.63) is 38.9 Å². The molecule has 10 nitrogen and oxygen atoms in total. The van der Waals surface area contributed by atoms with E-state index in [1.54, 1.807) is 0 Å². The van der Waals surface area contributed by atoms with Crippen molar-refractivity contribution in [1.29, 1.82) is 0 Å². The van der Waals surface area contributed by atoms with Gasteiger partial charge in [-0.3, -0.25) is 0 Å². The van der Waals surface area contributed by atoms with Gasteiger partial charge in [0.05, 0.1) is 12.2 Å². The summed E-state index contributed by atoms with van der Waals surface area (Å²) in [6.45, 7) is 2.49. The molecule has 1 aromatic rings. The third kappa shape index (κ3) is 8.25. The van der Waals surface area contributed by atoms with E-state index in [9.17, 15) is 52.3 Å². The molecular formula is C19H19F8NO9S. The molecule has 0 radical (unpaired) electrons. The molecule has 0 saturated heterocycles. The third-order valence-corrected chi connectivity index (χ3v) is 5.76. The number of fused-ring (bicyclic) bond motifs is 1. The molecule has 2 unspecified atom stereocenters. The molecule has 0 saturated carbocycles. The Bertz CT molecular complexity index is 1150. The van der Waals surface area contributed by atoms with Crippen molar-refractivity contribution in [3.63, 3.8) is 0 Å². The Kier molecular flexibility index (Phi) is 7.81. The first-order valence-electron chi connectivity index (χ1n) is 10.2. The molecular weight excluding hydrogens is 570 g/mol. The lowest BCUT2D eigenvalue weighted by atomic mass is 9.99. The van der Waals surface area contributed by atoms with E-state index < -0.39 is 86.1 Å². The van der Waals surface area contributed by atoms with Gasteiger partial charge in [0, 0.05) is 18.9 Å². The van der Waals surface area contributed by atoms with Crippen LogP contribution >= 0.6 is 10.2 Å². The summed E-state index contributed by atoms with van der Waals surface area (Å²) in [6, 6.07) is -0.235. The van der Waals surface area contributed by atoms with E-state index in [2.05, 4.69) is 23.8 Å². The highest BCUT2D eigenvalue weighted by Gasteiger charge is 2.65. The smallest absolute Gasteiger partial charge is 0.475 e. The molecule has 2 rings (SSSR count). The summed E-state index contributed by atoms with van der Waals surface area (Å²) in [4.78, 5) is 35.9. The molecule has 0 spiro atoms. The van der Waals surface area contributed by atoms with Gasteiger partial charge in [0.2, 0.25) is 12.4 Å². The zero-order valence-corrected chi connectivity index (χ0v) is 20.2. The van der Waals surface area contributed by atoms with Gasteiger partial charge in [0.1, 0.15) is 16.7 Å². The van der Waals surface area contributed by atoms with Crippen molar-refractivity contribution in [2.75, 3.05) is 6.61 Å². The van der Waals surface area contributed by atoms with E-state index >= 15 is 0 Å². The zero-order valence-electron chi connectivity index (χ0n) is 19.4. The van der Waals surface area contributed by atoms with Crippen molar-refractivity contribution in [2.24, 2.45) is 0 Å². The number of carbonyl (C=O) groups excluding carboxylic acids is 2. The average Bonchev–Trinajstić information content (AvgIpc) is 2.69. The van der Waals surface area contributed by atoms with Crippen LogP contribution in [0.2, 0.25) is 0 Å². The monoisotopic (exact) mass is 589 g/mol. The van der Waals surface area contributed by atoms with Crippen LogP contribution in [0.4, 0.5) is 37.4 Å². The van der Waals surface area contributed by atoms with Crippen LogP contribution in [-0.2, 0) is 23.8 Å². The predicted molar refractivity (Wildman–Crippen MR) is 111 cm³/mol. The van der Waals surface area contributed by atoms with Gasteiger partial charge in [0.15, 0.2) is 0 Å². The van der Waals surface area contributed by atoms with E-state index in [0.29, 0.717) is 0 Å². The highest BCUT2D eigenvalue weighted by molar-refractivity contribution is 8.45. The minimum atomic E-state index is -10.3. The number of carbonyl (C=O) groups is 2. The maximum absolute atomic E-state index is 13.6. The standard InChI is InChI=1S/C19H19F8NO9S/c1-9-6-13(38(23,24,25,26)27)7-12-8-14(16(19(20,21)22)36-15(9)12)17(29)34-11(3)35-18(30)33-5-4-10(2)37-28(31)32/h6-8,10-11,16H,4-5H2,1-3H3/t10?,11?,16-/m0/s1. The number of benzene rings is 1. The number of aryl methyl sites for hydroxylation is 1. The van der Waals surface area contributed by atoms with Crippen molar-refractivity contribution in [3.8, 4) is 5.75 Å². The third-order valence-electron chi connectivity index (χ3n) is 4.63. The van der Waals surface area contributed by atoms with Crippen molar-refractivity contribution in [2.45, 2.75) is 56.8 Å². The zero-order chi connectivity index (χ0) is 29.3. The summed E-state index contributed by atoms with van der Waals surface area (Å²) >= 11 is 0. The van der Waals surface area contributed by atoms with Gasteiger partial charge < -0.3 is 23.8 Å². The van der Waals surface area contributed by atoms with Crippen molar-refractivity contribution < 1.29 is 71.1 Å². The van der Waals surface area contributed by atoms with Gasteiger partial charge in [-0.25, -0.2) is 9.59 Å². The highest BCUT2D eigenvalue weighted by atomic mass is 32.5. The van der Waals surface area contributed by atoms with Crippen molar-refractivity contribution in [1.82, 2.24) is 0 Å². The van der Waals surface area contributed by atoms with E-state index in [-0.39, 0.29) is 24.6 Å². The second kappa shape index (κ2) is 9.66. The van der Waals surface area contributed by atoms with Gasteiger partial charge in [-0.15, -0.1) is 10.1 Å². The van der Waals surface area contributed by atoms with Gasteiger partial charge in [0.25, 0.3) is 5.09 Å². The number of hydrogen-bond acceptors (Lipinski definition) is 9. The number of hydrogen-bond donors (Lipinski definition) is 0. The van der Waals surface area contributed by atoms with Gasteiger partial charge in [-0.2, -0.15) is 13.2 Å². The van der Waals surface area contributed by atoms with Crippen molar-refractivity contribution >= 4 is 28.4 Å². The highest BCUT2D eigenvalue weighted by Crippen LogP contribution is 3.02. The fourth-order valence-corrected chi connectivity index (χ4v) is 3.76. The average molecular weight is 589 g/mol. The van der Waals surface area contributed by atoms with Crippen LogP contribution in [0.15, 0.2) is 22.6 Å². The number of ether oxygens (including phenoxy) is 4. The van der Waals surface area contributed by atoms with Crippen LogP contribution in [0.3, 0.4) is 0 Å². The summed E-state index contributed by atoms with van der Waals surface area (Å²) in [7, 11) is -10.3. The fraction of sp³-hybridized carbons (Fsp3) is 0.474. The SMILES string of the molecule is Cc1cc(S(F)(F)(F)(F)F)cc2c1O[C@H](C(F)(F)F)C(C(=O)OC(C)OC(=O)OCCC(C)O[N+](=O)[O-])=C2. The Hall–Kier alpha value is -3.51. The molecule has 1 aliphatic heterocycles. The number of rotatable bonds is 9. The maximum Gasteiger partial charge on any atom is 0.511 e. The fourth-order valence-electron chi connectivity index (χ4n) is 3.01. The molecule has 0 aromatic heterocycles. The normalized spacial score (nSPS) is 18.8. The van der Waals surface area contributed by atoms with Crippen LogP contribution in [0.1, 0.15) is 31.4 Å². The van der Waals surface area contributed by atoms with Crippen LogP contribution in [0.25, 0.3) is 6.08 Å². The first kappa shape index (κ1) is 30.7. The Balaban J connectivity index is 2.23. The predicted octanol–water partition coefficient (Wildman–Crippen LogP) is 6.39. The minimum absolute atomic E-state index is 0.0726. The second-order valence-corrected chi connectivity index (χ2v) is 10.3. The molecule has 3 atom stereocenters. The lowest BCUT2D eigenvalue weighted by Gasteiger charge is -2.41. The lowest BCUT2D eigenvalue weighted by molar-refractivity contribution is -0.767. The second-order valence-electron chi connectivity index (χ2n) is 7.88. The summed E-state index contributed by atoms with van der Waals surface area (Å²) in [5.41, 5.74) is -3.03.